The molecule has 0 aromatic rings. The van der Waals surface area contributed by atoms with Crippen LogP contribution in [0.2, 0.25) is 0 Å². The van der Waals surface area contributed by atoms with E-state index < -0.39 is 0 Å². The highest BCUT2D eigenvalue weighted by Crippen LogP contribution is 1.96. The minimum atomic E-state index is 0.300. The van der Waals surface area contributed by atoms with Gasteiger partial charge in [0, 0.05) is 12.4 Å². The molecule has 10 heavy (non-hydrogen) atoms. The molecule has 2 nitrogen and oxygen atoms in total. The van der Waals surface area contributed by atoms with Gasteiger partial charge in [0.2, 0.25) is 0 Å². The minimum absolute atomic E-state index is 0.300. The Kier molecular flexibility index (Phi) is 6.08. The van der Waals surface area contributed by atoms with E-state index in [4.69, 9.17) is 11.6 Å². The zero-order valence-corrected chi connectivity index (χ0v) is 6.80. The van der Waals surface area contributed by atoms with Crippen LogP contribution in [-0.4, -0.2) is 18.9 Å². The molecule has 0 aliphatic rings. The van der Waals surface area contributed by atoms with Crippen LogP contribution in [0, 0.1) is 0 Å². The van der Waals surface area contributed by atoms with E-state index in [2.05, 4.69) is 16.7 Å². The van der Waals surface area contributed by atoms with E-state index in [0.717, 1.165) is 12.0 Å². The van der Waals surface area contributed by atoms with Crippen LogP contribution in [0.5, 0.6) is 0 Å². The summed E-state index contributed by atoms with van der Waals surface area (Å²) in [5, 5.41) is 0. The monoisotopic (exact) mass is 158 g/mol. The summed E-state index contributed by atoms with van der Waals surface area (Å²) in [6, 6.07) is 0.300. The third kappa shape index (κ3) is 4.27. The number of nitrogens with zero attached hydrogens (tertiary/aromatic N) is 2. The maximum Gasteiger partial charge on any atom is 0.113 e. The third-order valence-electron chi connectivity index (χ3n) is 0.991. The summed E-state index contributed by atoms with van der Waals surface area (Å²) in [4.78, 5) is 7.46. The molecule has 0 unspecified atom stereocenters. The van der Waals surface area contributed by atoms with Crippen LogP contribution in [-0.2, 0) is 0 Å². The van der Waals surface area contributed by atoms with Crippen LogP contribution in [0.25, 0.3) is 0 Å². The number of hydrogen-bond acceptors (Lipinski definition) is 2. The van der Waals surface area contributed by atoms with Gasteiger partial charge in [-0.15, -0.1) is 11.6 Å². The van der Waals surface area contributed by atoms with E-state index in [0.29, 0.717) is 6.00 Å². The second-order valence-electron chi connectivity index (χ2n) is 1.67. The molecule has 0 aromatic heterocycles. The first-order valence-corrected chi connectivity index (χ1v) is 3.59. The summed E-state index contributed by atoms with van der Waals surface area (Å²) in [6.45, 7) is 5.36. The predicted molar refractivity (Wildman–Crippen MR) is 47.1 cm³/mol. The molecule has 0 rings (SSSR count). The van der Waals surface area contributed by atoms with Crippen LogP contribution in [0.15, 0.2) is 21.8 Å². The zero-order valence-electron chi connectivity index (χ0n) is 6.05. The predicted octanol–water partition coefficient (Wildman–Crippen LogP) is 2.25. The summed E-state index contributed by atoms with van der Waals surface area (Å²) in [6.07, 6.45) is 4.29. The summed E-state index contributed by atoms with van der Waals surface area (Å²) < 4.78 is 0. The molecule has 0 spiro atoms. The zero-order chi connectivity index (χ0) is 7.82. The van der Waals surface area contributed by atoms with E-state index in [1.165, 1.54) is 0 Å². The first-order chi connectivity index (χ1) is 4.85. The number of halogens is 1. The second-order valence-corrected chi connectivity index (χ2v) is 1.91. The van der Waals surface area contributed by atoms with Gasteiger partial charge >= 0.3 is 0 Å². The largest absolute Gasteiger partial charge is 0.277 e. The van der Waals surface area contributed by atoms with Gasteiger partial charge in [0.15, 0.2) is 0 Å². The topological polar surface area (TPSA) is 24.7 Å². The van der Waals surface area contributed by atoms with Gasteiger partial charge in [-0.2, -0.15) is 0 Å². The summed E-state index contributed by atoms with van der Waals surface area (Å²) in [5.41, 5.74) is 1.04. The quantitative estimate of drug-likeness (QED) is 0.341. The highest BCUT2D eigenvalue weighted by molar-refractivity contribution is 6.18. The fourth-order valence-electron chi connectivity index (χ4n) is 0.485. The molecule has 0 radical (unpaired) electrons. The Morgan fingerprint density at radius 2 is 2.40 bits per heavy atom. The summed E-state index contributed by atoms with van der Waals surface area (Å²) in [7, 11) is 0. The number of aliphatic imine (C=N–C) groups is 2. The van der Waals surface area contributed by atoms with Crippen molar-refractivity contribution in [2.45, 2.75) is 13.3 Å². The number of allylic oxidation sites excluding steroid dienone is 1. The number of hydrogen-bond donors (Lipinski definition) is 0. The van der Waals surface area contributed by atoms with Gasteiger partial charge in [-0.05, 0) is 18.7 Å². The van der Waals surface area contributed by atoms with Crippen LogP contribution in [0.3, 0.4) is 0 Å². The minimum Gasteiger partial charge on any atom is -0.277 e. The maximum absolute atomic E-state index is 5.33. The molecule has 0 aliphatic carbocycles. The lowest BCUT2D eigenvalue weighted by molar-refractivity contribution is 1.16. The molecule has 0 bridgehead atoms. The lowest BCUT2D eigenvalue weighted by atomic mass is 10.2. The summed E-state index contributed by atoms with van der Waals surface area (Å²) >= 11 is 5.33. The van der Waals surface area contributed by atoms with Gasteiger partial charge in [0.25, 0.3) is 0 Å². The molecule has 0 aliphatic heterocycles. The van der Waals surface area contributed by atoms with Crippen molar-refractivity contribution in [3.05, 3.63) is 11.8 Å². The van der Waals surface area contributed by atoms with Crippen molar-refractivity contribution in [3.63, 3.8) is 0 Å². The van der Waals surface area contributed by atoms with Crippen molar-refractivity contribution in [1.29, 1.82) is 0 Å². The highest BCUT2D eigenvalue weighted by atomic mass is 35.5. The van der Waals surface area contributed by atoms with Crippen molar-refractivity contribution >= 4 is 24.5 Å². The molecule has 0 aromatic carbocycles. The molecule has 0 atom stereocenters. The van der Waals surface area contributed by atoms with Crippen LogP contribution in [0.4, 0.5) is 0 Å². The Morgan fingerprint density at radius 3 is 2.80 bits per heavy atom. The average Bonchev–Trinajstić information content (AvgIpc) is 1.98. The van der Waals surface area contributed by atoms with Gasteiger partial charge in [-0.25, -0.2) is 0 Å². The molecule has 0 fully saturated rings. The highest BCUT2D eigenvalue weighted by Gasteiger charge is 1.84. The Hall–Kier alpha value is -0.630. The molecule has 3 heteroatoms. The normalized spacial score (nSPS) is 12.4. The lowest BCUT2D eigenvalue weighted by Crippen LogP contribution is -1.81. The molecular weight excluding hydrogens is 148 g/mol. The molecule has 0 N–H and O–H groups in total. The van der Waals surface area contributed by atoms with Crippen molar-refractivity contribution in [1.82, 2.24) is 0 Å². The molecular formula is C7H11ClN2. The standard InChI is InChI=1S/C7H11ClN2/c1-3-7(4-9-2)5-10-6-8/h4-5H,2-3,6H2,1H3/b7-4-,10-5-. The summed E-state index contributed by atoms with van der Waals surface area (Å²) in [5.74, 6) is 0. The second kappa shape index (κ2) is 6.49. The van der Waals surface area contributed by atoms with Gasteiger partial charge in [-0.1, -0.05) is 6.92 Å². The van der Waals surface area contributed by atoms with Crippen molar-refractivity contribution < 1.29 is 0 Å². The fraction of sp³-hybridized carbons (Fsp3) is 0.429. The molecule has 0 saturated carbocycles. The first kappa shape index (κ1) is 9.37. The third-order valence-corrected chi connectivity index (χ3v) is 1.13. The first-order valence-electron chi connectivity index (χ1n) is 3.05. The van der Waals surface area contributed by atoms with E-state index in [-0.39, 0.29) is 0 Å². The van der Waals surface area contributed by atoms with E-state index in [1.54, 1.807) is 12.4 Å². The van der Waals surface area contributed by atoms with Gasteiger partial charge < -0.3 is 0 Å². The maximum atomic E-state index is 5.33. The van der Waals surface area contributed by atoms with E-state index in [1.807, 2.05) is 6.92 Å². The Balaban J connectivity index is 3.94. The Bertz CT molecular complexity index is 150. The van der Waals surface area contributed by atoms with Crippen LogP contribution in [0.1, 0.15) is 13.3 Å². The number of alkyl halides is 1. The molecule has 0 heterocycles. The van der Waals surface area contributed by atoms with Gasteiger partial charge in [0.1, 0.15) is 6.00 Å². The Morgan fingerprint density at radius 1 is 1.70 bits per heavy atom. The van der Waals surface area contributed by atoms with Gasteiger partial charge in [-0.3, -0.25) is 9.98 Å². The van der Waals surface area contributed by atoms with Gasteiger partial charge in [0.05, 0.1) is 0 Å². The van der Waals surface area contributed by atoms with Crippen LogP contribution >= 0.6 is 11.6 Å². The van der Waals surface area contributed by atoms with E-state index in [9.17, 15) is 0 Å². The molecule has 0 saturated heterocycles. The van der Waals surface area contributed by atoms with Crippen molar-refractivity contribution in [2.75, 3.05) is 6.00 Å². The van der Waals surface area contributed by atoms with Crippen LogP contribution < -0.4 is 0 Å². The smallest absolute Gasteiger partial charge is 0.113 e. The fourth-order valence-corrected chi connectivity index (χ4v) is 0.554. The SMILES string of the molecule is C=N/C=C(\C=N/CCl)CC. The van der Waals surface area contributed by atoms with Crippen molar-refractivity contribution in [2.24, 2.45) is 9.98 Å². The Labute approximate surface area is 66.3 Å². The number of rotatable bonds is 4. The average molecular weight is 159 g/mol. The molecule has 0 amide bonds. The molecule has 56 valence electrons. The van der Waals surface area contributed by atoms with Crippen molar-refractivity contribution in [3.8, 4) is 0 Å². The lowest BCUT2D eigenvalue weighted by Gasteiger charge is -1.90. The van der Waals surface area contributed by atoms with E-state index >= 15 is 0 Å².